The molecule has 0 spiro atoms. The van der Waals surface area contributed by atoms with Crippen LogP contribution in [0.2, 0.25) is 0 Å². The summed E-state index contributed by atoms with van der Waals surface area (Å²) in [6.45, 7) is 15.1. The summed E-state index contributed by atoms with van der Waals surface area (Å²) in [5.41, 5.74) is -0.253. The number of β-amino-alcohol motifs (C(OH)–C–C–N with tert-alkyl or cyclic N) is 1. The molecular weight excluding hydrogens is 202 g/mol. The van der Waals surface area contributed by atoms with Gasteiger partial charge in [-0.1, -0.05) is 13.8 Å². The van der Waals surface area contributed by atoms with Crippen molar-refractivity contribution in [2.45, 2.75) is 58.8 Å². The molecule has 1 unspecified atom stereocenters. The van der Waals surface area contributed by atoms with Crippen LogP contribution in [0.5, 0.6) is 0 Å². The van der Waals surface area contributed by atoms with Crippen LogP contribution < -0.4 is 0 Å². The van der Waals surface area contributed by atoms with E-state index in [1.807, 2.05) is 0 Å². The van der Waals surface area contributed by atoms with Crippen molar-refractivity contribution in [3.63, 3.8) is 0 Å². The summed E-state index contributed by atoms with van der Waals surface area (Å²) in [6.07, 6.45) is -0.246. The predicted octanol–water partition coefficient (Wildman–Crippen LogP) is 1.89. The molecule has 1 heterocycles. The molecule has 0 aliphatic carbocycles. The standard InChI is InChI=1S/C13H27NO2/c1-10(2)11(15)7-14-8-12(3,4)16-13(5,6)9-14/h10-11,15H,7-9H2,1-6H3. The molecule has 3 heteroatoms. The van der Waals surface area contributed by atoms with E-state index in [-0.39, 0.29) is 17.3 Å². The first-order valence-electron chi connectivity index (χ1n) is 6.22. The van der Waals surface area contributed by atoms with E-state index in [4.69, 9.17) is 4.74 Å². The molecule has 1 aliphatic heterocycles. The van der Waals surface area contributed by atoms with Crippen LogP contribution in [0.3, 0.4) is 0 Å². The Hall–Kier alpha value is -0.120. The molecule has 96 valence electrons. The first-order valence-corrected chi connectivity index (χ1v) is 6.22. The number of morpholine rings is 1. The lowest BCUT2D eigenvalue weighted by Crippen LogP contribution is -2.58. The summed E-state index contributed by atoms with van der Waals surface area (Å²) in [7, 11) is 0. The highest BCUT2D eigenvalue weighted by Crippen LogP contribution is 2.28. The van der Waals surface area contributed by atoms with Crippen LogP contribution in [0.4, 0.5) is 0 Å². The number of nitrogens with zero attached hydrogens (tertiary/aromatic N) is 1. The largest absolute Gasteiger partial charge is 0.392 e. The summed E-state index contributed by atoms with van der Waals surface area (Å²) in [4.78, 5) is 2.31. The first kappa shape index (κ1) is 13.9. The number of rotatable bonds is 3. The number of hydrogen-bond donors (Lipinski definition) is 1. The van der Waals surface area contributed by atoms with E-state index in [2.05, 4.69) is 46.4 Å². The molecule has 0 aromatic carbocycles. The summed E-state index contributed by atoms with van der Waals surface area (Å²) < 4.78 is 6.01. The van der Waals surface area contributed by atoms with Crippen molar-refractivity contribution in [3.05, 3.63) is 0 Å². The van der Waals surface area contributed by atoms with E-state index in [0.29, 0.717) is 5.92 Å². The predicted molar refractivity (Wildman–Crippen MR) is 66.5 cm³/mol. The third kappa shape index (κ3) is 4.04. The quantitative estimate of drug-likeness (QED) is 0.802. The van der Waals surface area contributed by atoms with Crippen molar-refractivity contribution in [3.8, 4) is 0 Å². The van der Waals surface area contributed by atoms with E-state index in [1.165, 1.54) is 0 Å². The Morgan fingerprint density at radius 3 is 1.94 bits per heavy atom. The second-order valence-corrected chi connectivity index (χ2v) is 6.60. The number of aliphatic hydroxyl groups is 1. The van der Waals surface area contributed by atoms with Crippen molar-refractivity contribution < 1.29 is 9.84 Å². The Bertz CT molecular complexity index is 220. The maximum absolute atomic E-state index is 9.94. The zero-order valence-corrected chi connectivity index (χ0v) is 11.6. The summed E-state index contributed by atoms with van der Waals surface area (Å²) >= 11 is 0. The minimum atomic E-state index is -0.246. The van der Waals surface area contributed by atoms with Gasteiger partial charge in [0, 0.05) is 19.6 Å². The Morgan fingerprint density at radius 1 is 1.12 bits per heavy atom. The van der Waals surface area contributed by atoms with Crippen molar-refractivity contribution in [1.82, 2.24) is 4.90 Å². The van der Waals surface area contributed by atoms with Crippen LogP contribution in [-0.2, 0) is 4.74 Å². The van der Waals surface area contributed by atoms with Crippen molar-refractivity contribution in [2.24, 2.45) is 5.92 Å². The van der Waals surface area contributed by atoms with Crippen molar-refractivity contribution >= 4 is 0 Å². The molecule has 1 atom stereocenters. The van der Waals surface area contributed by atoms with Gasteiger partial charge in [0.2, 0.25) is 0 Å². The molecule has 1 rings (SSSR count). The molecule has 1 fully saturated rings. The smallest absolute Gasteiger partial charge is 0.0760 e. The van der Waals surface area contributed by atoms with E-state index >= 15 is 0 Å². The molecule has 1 N–H and O–H groups in total. The van der Waals surface area contributed by atoms with Gasteiger partial charge < -0.3 is 9.84 Å². The van der Waals surface area contributed by atoms with Crippen LogP contribution in [0, 0.1) is 5.92 Å². The highest BCUT2D eigenvalue weighted by Gasteiger charge is 2.38. The Morgan fingerprint density at radius 2 is 1.56 bits per heavy atom. The molecule has 0 aromatic rings. The van der Waals surface area contributed by atoms with Crippen LogP contribution in [0.25, 0.3) is 0 Å². The van der Waals surface area contributed by atoms with Crippen molar-refractivity contribution in [1.29, 1.82) is 0 Å². The Balaban J connectivity index is 2.61. The van der Waals surface area contributed by atoms with Crippen LogP contribution >= 0.6 is 0 Å². The Labute approximate surface area is 99.8 Å². The number of hydrogen-bond acceptors (Lipinski definition) is 3. The van der Waals surface area contributed by atoms with Crippen LogP contribution in [-0.4, -0.2) is 46.9 Å². The lowest BCUT2D eigenvalue weighted by Gasteiger charge is -2.47. The third-order valence-corrected chi connectivity index (χ3v) is 2.98. The van der Waals surface area contributed by atoms with Crippen molar-refractivity contribution in [2.75, 3.05) is 19.6 Å². The molecule has 0 saturated carbocycles. The van der Waals surface area contributed by atoms with Gasteiger partial charge >= 0.3 is 0 Å². The lowest BCUT2D eigenvalue weighted by molar-refractivity contribution is -0.184. The van der Waals surface area contributed by atoms with Gasteiger partial charge in [-0.2, -0.15) is 0 Å². The molecule has 1 aliphatic rings. The minimum absolute atomic E-state index is 0.127. The average Bonchev–Trinajstić information content (AvgIpc) is 1.96. The number of aliphatic hydroxyl groups excluding tert-OH is 1. The molecule has 16 heavy (non-hydrogen) atoms. The minimum Gasteiger partial charge on any atom is -0.392 e. The molecule has 0 amide bonds. The Kier molecular flexibility index (Phi) is 4.04. The third-order valence-electron chi connectivity index (χ3n) is 2.98. The van der Waals surface area contributed by atoms with Gasteiger partial charge in [0.05, 0.1) is 17.3 Å². The van der Waals surface area contributed by atoms with E-state index in [0.717, 1.165) is 19.6 Å². The van der Waals surface area contributed by atoms with E-state index in [1.54, 1.807) is 0 Å². The van der Waals surface area contributed by atoms with Gasteiger partial charge in [-0.15, -0.1) is 0 Å². The molecular formula is C13H27NO2. The van der Waals surface area contributed by atoms with E-state index in [9.17, 15) is 5.11 Å². The maximum atomic E-state index is 9.94. The van der Waals surface area contributed by atoms with Gasteiger partial charge in [0.1, 0.15) is 0 Å². The zero-order chi connectivity index (χ0) is 12.6. The maximum Gasteiger partial charge on any atom is 0.0760 e. The lowest BCUT2D eigenvalue weighted by atomic mass is 9.97. The summed E-state index contributed by atoms with van der Waals surface area (Å²) in [5, 5.41) is 9.94. The summed E-state index contributed by atoms with van der Waals surface area (Å²) in [5.74, 6) is 0.314. The molecule has 0 aromatic heterocycles. The average molecular weight is 229 g/mol. The van der Waals surface area contributed by atoms with Crippen LogP contribution in [0.15, 0.2) is 0 Å². The van der Waals surface area contributed by atoms with Gasteiger partial charge in [0.25, 0.3) is 0 Å². The normalized spacial score (nSPS) is 27.0. The van der Waals surface area contributed by atoms with Gasteiger partial charge in [-0.05, 0) is 33.6 Å². The first-order chi connectivity index (χ1) is 7.11. The highest BCUT2D eigenvalue weighted by molar-refractivity contribution is 4.89. The highest BCUT2D eigenvalue weighted by atomic mass is 16.5. The van der Waals surface area contributed by atoms with E-state index < -0.39 is 0 Å². The molecule has 3 nitrogen and oxygen atoms in total. The SMILES string of the molecule is CC(C)C(O)CN1CC(C)(C)OC(C)(C)C1. The second-order valence-electron chi connectivity index (χ2n) is 6.60. The summed E-state index contributed by atoms with van der Waals surface area (Å²) in [6, 6.07) is 0. The molecule has 1 saturated heterocycles. The van der Waals surface area contributed by atoms with Gasteiger partial charge in [-0.3, -0.25) is 4.90 Å². The zero-order valence-electron chi connectivity index (χ0n) is 11.6. The molecule has 0 bridgehead atoms. The van der Waals surface area contributed by atoms with Gasteiger partial charge in [-0.25, -0.2) is 0 Å². The second kappa shape index (κ2) is 4.63. The number of ether oxygens (including phenoxy) is 1. The topological polar surface area (TPSA) is 32.7 Å². The fourth-order valence-electron chi connectivity index (χ4n) is 2.55. The van der Waals surface area contributed by atoms with Gasteiger partial charge in [0.15, 0.2) is 0 Å². The van der Waals surface area contributed by atoms with Crippen LogP contribution in [0.1, 0.15) is 41.5 Å². The fourth-order valence-corrected chi connectivity index (χ4v) is 2.55. The fraction of sp³-hybridized carbons (Fsp3) is 1.00. The monoisotopic (exact) mass is 229 g/mol. The molecule has 0 radical (unpaired) electrons.